The summed E-state index contributed by atoms with van der Waals surface area (Å²) in [5.74, 6) is -2.94. The molecule has 0 radical (unpaired) electrons. The Kier molecular flexibility index (Phi) is 18.5. The molecule has 0 rings (SSSR count). The van der Waals surface area contributed by atoms with Crippen LogP contribution in [-0.4, -0.2) is 39.5 Å². The maximum atomic E-state index is 13.1. The summed E-state index contributed by atoms with van der Waals surface area (Å²) in [6, 6.07) is 0. The minimum absolute atomic E-state index is 0.225. The number of carbonyl (C=O) groups is 1. The molecule has 0 heterocycles. The Morgan fingerprint density at radius 3 is 1.97 bits per heavy atom. The van der Waals surface area contributed by atoms with Crippen molar-refractivity contribution in [2.75, 3.05) is 6.61 Å². The van der Waals surface area contributed by atoms with Crippen LogP contribution in [0.3, 0.4) is 0 Å². The number of alkyl halides is 1. The lowest BCUT2D eigenvalue weighted by atomic mass is 10.1. The highest BCUT2D eigenvalue weighted by Gasteiger charge is 2.31. The Morgan fingerprint density at radius 1 is 0.933 bits per heavy atom. The molecule has 1 unspecified atom stereocenters. The highest BCUT2D eigenvalue weighted by molar-refractivity contribution is 7.52. The van der Waals surface area contributed by atoms with E-state index in [-0.39, 0.29) is 6.42 Å². The molecule has 8 heteroatoms. The van der Waals surface area contributed by atoms with Crippen LogP contribution in [-0.2, 0) is 14.1 Å². The summed E-state index contributed by atoms with van der Waals surface area (Å²) in [5, 5.41) is 9.47. The van der Waals surface area contributed by atoms with Gasteiger partial charge in [0.1, 0.15) is 6.61 Å². The summed E-state index contributed by atoms with van der Waals surface area (Å²) in [6.45, 7) is 1.78. The van der Waals surface area contributed by atoms with E-state index in [4.69, 9.17) is 14.5 Å². The first-order valence-electron chi connectivity index (χ1n) is 11.4. The van der Waals surface area contributed by atoms with E-state index in [2.05, 4.69) is 19.1 Å². The Hall–Kier alpha value is -0.750. The maximum absolute atomic E-state index is 13.1. The molecule has 0 saturated carbocycles. The molecule has 2 atom stereocenters. The SMILES string of the molecule is CCCCCCCC/C=C/CCCCCCCC(=O)OC[C@@H](O)CC(F)P(=O)(O)O. The van der Waals surface area contributed by atoms with E-state index >= 15 is 0 Å². The van der Waals surface area contributed by atoms with Crippen LogP contribution in [0.1, 0.15) is 103 Å². The van der Waals surface area contributed by atoms with Gasteiger partial charge >= 0.3 is 13.6 Å². The number of esters is 1. The second-order valence-corrected chi connectivity index (χ2v) is 9.67. The van der Waals surface area contributed by atoms with Crippen molar-refractivity contribution >= 4 is 13.6 Å². The van der Waals surface area contributed by atoms with Gasteiger partial charge in [0.05, 0.1) is 6.10 Å². The van der Waals surface area contributed by atoms with Crippen LogP contribution in [0.25, 0.3) is 0 Å². The third-order valence-electron chi connectivity index (χ3n) is 4.91. The van der Waals surface area contributed by atoms with Crippen molar-refractivity contribution in [2.24, 2.45) is 0 Å². The van der Waals surface area contributed by atoms with Gasteiger partial charge in [0.25, 0.3) is 0 Å². The summed E-state index contributed by atoms with van der Waals surface area (Å²) in [6.07, 6.45) is 17.8. The smallest absolute Gasteiger partial charge is 0.359 e. The normalized spacial score (nSPS) is 14.2. The average Bonchev–Trinajstić information content (AvgIpc) is 2.68. The fraction of sp³-hybridized carbons (Fsp3) is 0.864. The predicted molar refractivity (Wildman–Crippen MR) is 118 cm³/mol. The quantitative estimate of drug-likeness (QED) is 0.0934. The van der Waals surface area contributed by atoms with Gasteiger partial charge in [-0.3, -0.25) is 9.36 Å². The molecular formula is C22H42FO6P. The molecule has 0 aliphatic rings. The van der Waals surface area contributed by atoms with E-state index in [1.807, 2.05) is 0 Å². The summed E-state index contributed by atoms with van der Waals surface area (Å²) >= 11 is 0. The first kappa shape index (κ1) is 29.2. The van der Waals surface area contributed by atoms with Crippen LogP contribution in [0, 0.1) is 0 Å². The van der Waals surface area contributed by atoms with Crippen molar-refractivity contribution in [3.8, 4) is 0 Å². The van der Waals surface area contributed by atoms with Crippen LogP contribution in [0.4, 0.5) is 4.39 Å². The van der Waals surface area contributed by atoms with Gasteiger partial charge in [-0.05, 0) is 32.1 Å². The molecule has 0 saturated heterocycles. The third-order valence-corrected chi connectivity index (χ3v) is 5.85. The number of rotatable bonds is 20. The molecule has 0 spiro atoms. The van der Waals surface area contributed by atoms with Crippen LogP contribution in [0.5, 0.6) is 0 Å². The lowest BCUT2D eigenvalue weighted by Crippen LogP contribution is -2.22. The van der Waals surface area contributed by atoms with Gasteiger partial charge in [-0.25, -0.2) is 4.39 Å². The molecule has 0 aromatic rings. The standard InChI is InChI=1S/C22H42FO6P/c1-2-3-4-5-6-7-8-9-10-11-12-13-14-15-16-17-22(25)29-19-20(24)18-21(23)30(26,27)28/h9-10,20-21,24H,2-8,11-19H2,1H3,(H2,26,27,28)/b10-9+/t20-,21?/m0/s1. The maximum Gasteiger partial charge on any atom is 0.359 e. The monoisotopic (exact) mass is 452 g/mol. The van der Waals surface area contributed by atoms with E-state index in [0.29, 0.717) is 6.42 Å². The number of unbranched alkanes of at least 4 members (excludes halogenated alkanes) is 11. The van der Waals surface area contributed by atoms with Gasteiger partial charge in [-0.1, -0.05) is 70.4 Å². The fourth-order valence-electron chi connectivity index (χ4n) is 3.03. The number of halogens is 1. The van der Waals surface area contributed by atoms with Crippen molar-refractivity contribution in [1.29, 1.82) is 0 Å². The van der Waals surface area contributed by atoms with E-state index in [1.165, 1.54) is 44.9 Å². The zero-order chi connectivity index (χ0) is 22.7. The highest BCUT2D eigenvalue weighted by Crippen LogP contribution is 2.44. The number of carbonyl (C=O) groups excluding carboxylic acids is 1. The number of ether oxygens (including phenoxy) is 1. The first-order valence-corrected chi connectivity index (χ1v) is 13.1. The van der Waals surface area contributed by atoms with Crippen LogP contribution in [0.15, 0.2) is 12.2 Å². The van der Waals surface area contributed by atoms with Crippen molar-refractivity contribution in [2.45, 2.75) is 115 Å². The molecule has 0 aromatic heterocycles. The van der Waals surface area contributed by atoms with Crippen molar-refractivity contribution in [1.82, 2.24) is 0 Å². The molecule has 6 nitrogen and oxygen atoms in total. The largest absolute Gasteiger partial charge is 0.463 e. The molecule has 0 fully saturated rings. The van der Waals surface area contributed by atoms with E-state index in [0.717, 1.165) is 32.1 Å². The second-order valence-electron chi connectivity index (χ2n) is 7.93. The molecule has 0 aromatic carbocycles. The topological polar surface area (TPSA) is 104 Å². The number of hydrogen-bond donors (Lipinski definition) is 3. The first-order chi connectivity index (χ1) is 14.3. The molecule has 30 heavy (non-hydrogen) atoms. The molecule has 178 valence electrons. The van der Waals surface area contributed by atoms with Gasteiger partial charge in [0, 0.05) is 12.8 Å². The molecule has 0 bridgehead atoms. The minimum Gasteiger partial charge on any atom is -0.463 e. The number of hydrogen-bond acceptors (Lipinski definition) is 4. The molecule has 0 aliphatic carbocycles. The highest BCUT2D eigenvalue weighted by atomic mass is 31.2. The summed E-state index contributed by atoms with van der Waals surface area (Å²) in [5.41, 5.74) is 0. The fourth-order valence-corrected chi connectivity index (χ4v) is 3.55. The van der Waals surface area contributed by atoms with Gasteiger partial charge in [0.15, 0.2) is 0 Å². The Morgan fingerprint density at radius 2 is 1.43 bits per heavy atom. The van der Waals surface area contributed by atoms with E-state index in [1.54, 1.807) is 0 Å². The zero-order valence-corrected chi connectivity index (χ0v) is 19.4. The van der Waals surface area contributed by atoms with Gasteiger partial charge in [-0.15, -0.1) is 0 Å². The van der Waals surface area contributed by atoms with Crippen molar-refractivity contribution < 1.29 is 33.4 Å². The summed E-state index contributed by atoms with van der Waals surface area (Å²) < 4.78 is 28.6. The van der Waals surface area contributed by atoms with E-state index < -0.39 is 38.6 Å². The van der Waals surface area contributed by atoms with Gasteiger partial charge in [0.2, 0.25) is 5.91 Å². The second kappa shape index (κ2) is 19.0. The Balaban J connectivity index is 3.46. The molecular weight excluding hydrogens is 410 g/mol. The van der Waals surface area contributed by atoms with Crippen LogP contribution in [0.2, 0.25) is 0 Å². The predicted octanol–water partition coefficient (Wildman–Crippen LogP) is 5.79. The zero-order valence-electron chi connectivity index (χ0n) is 18.5. The van der Waals surface area contributed by atoms with Crippen LogP contribution >= 0.6 is 7.60 Å². The number of aliphatic hydroxyl groups is 1. The van der Waals surface area contributed by atoms with Crippen molar-refractivity contribution in [3.05, 3.63) is 12.2 Å². The summed E-state index contributed by atoms with van der Waals surface area (Å²) in [4.78, 5) is 28.8. The van der Waals surface area contributed by atoms with Crippen LogP contribution < -0.4 is 0 Å². The number of aliphatic hydroxyl groups excluding tert-OH is 1. The number of allylic oxidation sites excluding steroid dienone is 2. The average molecular weight is 453 g/mol. The minimum atomic E-state index is -4.88. The Labute approximate surface area is 181 Å². The third kappa shape index (κ3) is 19.2. The molecule has 0 amide bonds. The summed E-state index contributed by atoms with van der Waals surface area (Å²) in [7, 11) is -4.88. The van der Waals surface area contributed by atoms with E-state index in [9.17, 15) is 18.9 Å². The molecule has 3 N–H and O–H groups in total. The lowest BCUT2D eigenvalue weighted by molar-refractivity contribution is -0.147. The lowest BCUT2D eigenvalue weighted by Gasteiger charge is -2.15. The van der Waals surface area contributed by atoms with Gasteiger partial charge in [-0.2, -0.15) is 0 Å². The van der Waals surface area contributed by atoms with Gasteiger partial charge < -0.3 is 19.6 Å². The Bertz CT molecular complexity index is 494. The van der Waals surface area contributed by atoms with Crippen molar-refractivity contribution in [3.63, 3.8) is 0 Å². The molecule has 0 aliphatic heterocycles.